The predicted molar refractivity (Wildman–Crippen MR) is 73.7 cm³/mol. The van der Waals surface area contributed by atoms with E-state index in [9.17, 15) is 4.79 Å². The van der Waals surface area contributed by atoms with E-state index in [-0.39, 0.29) is 11.9 Å². The molecule has 3 heteroatoms. The van der Waals surface area contributed by atoms with E-state index in [1.165, 1.54) is 25.5 Å². The summed E-state index contributed by atoms with van der Waals surface area (Å²) in [6.07, 6.45) is 3.54. The van der Waals surface area contributed by atoms with Crippen molar-refractivity contribution in [3.05, 3.63) is 35.9 Å². The van der Waals surface area contributed by atoms with Crippen LogP contribution in [-0.2, 0) is 9.53 Å². The van der Waals surface area contributed by atoms with Gasteiger partial charge in [0.2, 0.25) is 0 Å². The molecule has 0 saturated carbocycles. The maximum Gasteiger partial charge on any atom is 0.310 e. The van der Waals surface area contributed by atoms with Gasteiger partial charge in [-0.15, -0.1) is 0 Å². The van der Waals surface area contributed by atoms with Crippen LogP contribution in [0.1, 0.15) is 30.7 Å². The Kier molecular flexibility index (Phi) is 3.33. The van der Waals surface area contributed by atoms with Crippen molar-refractivity contribution < 1.29 is 9.53 Å². The molecule has 1 aromatic carbocycles. The van der Waals surface area contributed by atoms with Gasteiger partial charge in [0.15, 0.2) is 0 Å². The van der Waals surface area contributed by atoms with Crippen LogP contribution >= 0.6 is 11.8 Å². The Balaban J connectivity index is 1.93. The maximum atomic E-state index is 12.1. The van der Waals surface area contributed by atoms with E-state index in [1.807, 2.05) is 17.8 Å². The summed E-state index contributed by atoms with van der Waals surface area (Å²) >= 11 is 2.00. The van der Waals surface area contributed by atoms with Crippen LogP contribution in [0.15, 0.2) is 30.3 Å². The van der Waals surface area contributed by atoms with E-state index >= 15 is 0 Å². The normalized spacial score (nSPS) is 34.3. The molecule has 2 saturated heterocycles. The van der Waals surface area contributed by atoms with Crippen LogP contribution in [0.2, 0.25) is 0 Å². The zero-order chi connectivity index (χ0) is 12.5. The standard InChI is InChI=1S/C15H18O2S/c1-17-15(16)14-12(10-5-3-2-4-6-10)9-11-7-8-13(14)18-11/h2-6,11-14H,7-9H2,1H3/t11?,12-,13?,14-/m0/s1. The molecule has 0 radical (unpaired) electrons. The summed E-state index contributed by atoms with van der Waals surface area (Å²) in [6.45, 7) is 0. The van der Waals surface area contributed by atoms with Gasteiger partial charge in [0.25, 0.3) is 0 Å². The Labute approximate surface area is 112 Å². The Morgan fingerprint density at radius 1 is 1.28 bits per heavy atom. The largest absolute Gasteiger partial charge is 0.469 e. The lowest BCUT2D eigenvalue weighted by Crippen LogP contribution is -2.35. The molecule has 4 atom stereocenters. The SMILES string of the molecule is COC(=O)[C@@H]1C2CCC(C[C@H]1c1ccccc1)S2. The van der Waals surface area contributed by atoms with Crippen molar-refractivity contribution in [3.63, 3.8) is 0 Å². The molecule has 2 fully saturated rings. The molecule has 2 heterocycles. The average Bonchev–Trinajstić information content (AvgIpc) is 2.80. The van der Waals surface area contributed by atoms with Crippen molar-refractivity contribution >= 4 is 17.7 Å². The van der Waals surface area contributed by atoms with Crippen molar-refractivity contribution in [1.29, 1.82) is 0 Å². The van der Waals surface area contributed by atoms with Crippen molar-refractivity contribution in [2.45, 2.75) is 35.7 Å². The third-order valence-corrected chi connectivity index (χ3v) is 5.88. The number of benzene rings is 1. The molecule has 18 heavy (non-hydrogen) atoms. The van der Waals surface area contributed by atoms with Crippen LogP contribution < -0.4 is 0 Å². The number of thioether (sulfide) groups is 1. The minimum atomic E-state index is -0.0262. The number of carbonyl (C=O) groups is 1. The van der Waals surface area contributed by atoms with Crippen LogP contribution in [0, 0.1) is 5.92 Å². The summed E-state index contributed by atoms with van der Waals surface area (Å²) in [7, 11) is 1.51. The molecule has 2 nitrogen and oxygen atoms in total. The van der Waals surface area contributed by atoms with Gasteiger partial charge in [0, 0.05) is 10.5 Å². The lowest BCUT2D eigenvalue weighted by molar-refractivity contribution is -0.146. The van der Waals surface area contributed by atoms with Gasteiger partial charge in [-0.3, -0.25) is 4.79 Å². The van der Waals surface area contributed by atoms with Crippen LogP contribution in [0.25, 0.3) is 0 Å². The van der Waals surface area contributed by atoms with Gasteiger partial charge in [-0.25, -0.2) is 0 Å². The van der Waals surface area contributed by atoms with E-state index in [1.54, 1.807) is 0 Å². The molecule has 1 aromatic rings. The molecule has 2 aliphatic heterocycles. The smallest absolute Gasteiger partial charge is 0.310 e. The molecule has 3 rings (SSSR count). The van der Waals surface area contributed by atoms with Crippen molar-refractivity contribution in [1.82, 2.24) is 0 Å². The summed E-state index contributed by atoms with van der Waals surface area (Å²) in [5.74, 6) is 0.361. The monoisotopic (exact) mass is 262 g/mol. The van der Waals surface area contributed by atoms with Crippen molar-refractivity contribution in [2.24, 2.45) is 5.92 Å². The number of hydrogen-bond acceptors (Lipinski definition) is 3. The molecule has 96 valence electrons. The Bertz CT molecular complexity index is 431. The molecule has 0 aromatic heterocycles. The summed E-state index contributed by atoms with van der Waals surface area (Å²) < 4.78 is 5.04. The van der Waals surface area contributed by atoms with E-state index in [4.69, 9.17) is 4.74 Å². The van der Waals surface area contributed by atoms with E-state index in [0.29, 0.717) is 11.2 Å². The minimum absolute atomic E-state index is 0.0262. The fraction of sp³-hybridized carbons (Fsp3) is 0.533. The zero-order valence-electron chi connectivity index (χ0n) is 10.5. The summed E-state index contributed by atoms with van der Waals surface area (Å²) in [6, 6.07) is 10.5. The van der Waals surface area contributed by atoms with Crippen LogP contribution in [0.3, 0.4) is 0 Å². The van der Waals surface area contributed by atoms with Gasteiger partial charge in [-0.1, -0.05) is 30.3 Å². The highest BCUT2D eigenvalue weighted by molar-refractivity contribution is 8.00. The first-order valence-electron chi connectivity index (χ1n) is 6.58. The highest BCUT2D eigenvalue weighted by Gasteiger charge is 2.46. The van der Waals surface area contributed by atoms with Crippen LogP contribution in [-0.4, -0.2) is 23.6 Å². The van der Waals surface area contributed by atoms with E-state index < -0.39 is 0 Å². The number of esters is 1. The zero-order valence-corrected chi connectivity index (χ0v) is 11.4. The van der Waals surface area contributed by atoms with Crippen molar-refractivity contribution in [3.8, 4) is 0 Å². The van der Waals surface area contributed by atoms with Crippen LogP contribution in [0.4, 0.5) is 0 Å². The molecular formula is C15H18O2S. The first-order chi connectivity index (χ1) is 8.79. The number of carbonyl (C=O) groups excluding carboxylic acids is 1. The van der Waals surface area contributed by atoms with Gasteiger partial charge in [-0.05, 0) is 30.7 Å². The summed E-state index contributed by atoms with van der Waals surface area (Å²) in [4.78, 5) is 12.1. The van der Waals surface area contributed by atoms with Gasteiger partial charge < -0.3 is 4.74 Å². The quantitative estimate of drug-likeness (QED) is 0.765. The Morgan fingerprint density at radius 2 is 2.06 bits per heavy atom. The topological polar surface area (TPSA) is 26.3 Å². The molecule has 0 aliphatic carbocycles. The molecular weight excluding hydrogens is 244 g/mol. The molecule has 0 spiro atoms. The average molecular weight is 262 g/mol. The highest BCUT2D eigenvalue weighted by Crippen LogP contribution is 2.52. The first-order valence-corrected chi connectivity index (χ1v) is 7.52. The van der Waals surface area contributed by atoms with Gasteiger partial charge in [-0.2, -0.15) is 11.8 Å². The lowest BCUT2D eigenvalue weighted by Gasteiger charge is -2.34. The third kappa shape index (κ3) is 2.05. The Hall–Kier alpha value is -0.960. The lowest BCUT2D eigenvalue weighted by atomic mass is 9.81. The number of rotatable bonds is 2. The van der Waals surface area contributed by atoms with Gasteiger partial charge >= 0.3 is 5.97 Å². The number of ether oxygens (including phenoxy) is 1. The molecule has 2 unspecified atom stereocenters. The fourth-order valence-corrected chi connectivity index (χ4v) is 5.18. The fourth-order valence-electron chi connectivity index (χ4n) is 3.36. The van der Waals surface area contributed by atoms with Crippen molar-refractivity contribution in [2.75, 3.05) is 7.11 Å². The molecule has 0 N–H and O–H groups in total. The summed E-state index contributed by atoms with van der Waals surface area (Å²) in [5, 5.41) is 1.20. The number of fused-ring (bicyclic) bond motifs is 2. The second kappa shape index (κ2) is 4.96. The minimum Gasteiger partial charge on any atom is -0.469 e. The Morgan fingerprint density at radius 3 is 2.78 bits per heavy atom. The molecule has 2 aliphatic rings. The molecule has 0 amide bonds. The third-order valence-electron chi connectivity index (χ3n) is 4.19. The second-order valence-electron chi connectivity index (χ2n) is 5.18. The van der Waals surface area contributed by atoms with Crippen LogP contribution in [0.5, 0.6) is 0 Å². The second-order valence-corrected chi connectivity index (χ2v) is 6.72. The predicted octanol–water partition coefficient (Wildman–Crippen LogP) is 3.23. The van der Waals surface area contributed by atoms with E-state index in [0.717, 1.165) is 11.7 Å². The van der Waals surface area contributed by atoms with Gasteiger partial charge in [0.05, 0.1) is 13.0 Å². The van der Waals surface area contributed by atoms with E-state index in [2.05, 4.69) is 24.3 Å². The first kappa shape index (κ1) is 12.1. The summed E-state index contributed by atoms with van der Waals surface area (Å²) in [5.41, 5.74) is 1.30. The number of hydrogen-bond donors (Lipinski definition) is 0. The van der Waals surface area contributed by atoms with Gasteiger partial charge in [0.1, 0.15) is 0 Å². The maximum absolute atomic E-state index is 12.1. The highest BCUT2D eigenvalue weighted by atomic mass is 32.2. The number of methoxy groups -OCH3 is 1. The molecule has 2 bridgehead atoms.